The Bertz CT molecular complexity index is 581. The highest BCUT2D eigenvalue weighted by Gasteiger charge is 2.54. The van der Waals surface area contributed by atoms with Crippen LogP contribution in [0.3, 0.4) is 0 Å². The average molecular weight is 424 g/mol. The molecule has 0 aromatic carbocycles. The Labute approximate surface area is 145 Å². The summed E-state index contributed by atoms with van der Waals surface area (Å²) in [6.07, 6.45) is -16.2. The lowest BCUT2D eigenvalue weighted by Gasteiger charge is -2.43. The summed E-state index contributed by atoms with van der Waals surface area (Å²) in [5, 5.41) is 56.1. The molecule has 152 valence electrons. The minimum Gasteiger partial charge on any atom is -0.481 e. The van der Waals surface area contributed by atoms with Crippen molar-refractivity contribution >= 4 is 27.1 Å². The molecule has 8 atom stereocenters. The summed E-state index contributed by atoms with van der Waals surface area (Å²) in [6.45, 7) is 0. The summed E-state index contributed by atoms with van der Waals surface area (Å²) in [5.41, 5.74) is 0. The van der Waals surface area contributed by atoms with Gasteiger partial charge in [-0.05, 0) is 0 Å². The average Bonchev–Trinajstić information content (AvgIpc) is 2.43. The van der Waals surface area contributed by atoms with Crippen molar-refractivity contribution in [2.45, 2.75) is 36.6 Å². The van der Waals surface area contributed by atoms with E-state index in [1.54, 1.807) is 0 Å². The normalized spacial score (nSPS) is 36.7. The van der Waals surface area contributed by atoms with Crippen molar-refractivity contribution in [3.63, 3.8) is 0 Å². The fraction of sp³-hybridized carbons (Fsp3) is 0.800. The lowest BCUT2D eigenvalue weighted by Crippen LogP contribution is -2.64. The summed E-state index contributed by atoms with van der Waals surface area (Å²) in [6, 6.07) is 0. The van der Waals surface area contributed by atoms with Gasteiger partial charge < -0.3 is 40.4 Å². The molecule has 1 fully saturated rings. The molecule has 0 radical (unpaired) electrons. The maximum Gasteiger partial charge on any atom is 0.339 e. The molecule has 2 unspecified atom stereocenters. The van der Waals surface area contributed by atoms with E-state index in [1.807, 2.05) is 0 Å². The highest BCUT2D eigenvalue weighted by atomic mass is 31.2. The van der Waals surface area contributed by atoms with Gasteiger partial charge in [0, 0.05) is 0 Å². The number of aliphatic carboxylic acids is 2. The Morgan fingerprint density at radius 1 is 0.692 bits per heavy atom. The standard InChI is InChI=1S/C10H18O14P2/c11-3(12)1-25(19,20)23-9-7(17)5(15)6(16)8(18)10(9)24-26(21,22)2-4(13)14/h5-10,15-18H,1-2H2,(H,11,12)(H,13,14)(H,19,20)(H,21,22)/t5-,6-,7+,8+,9-,10+/m0/s1. The predicted molar refractivity (Wildman–Crippen MR) is 78.4 cm³/mol. The van der Waals surface area contributed by atoms with Crippen LogP contribution in [-0.2, 0) is 27.8 Å². The van der Waals surface area contributed by atoms with Crippen molar-refractivity contribution in [1.29, 1.82) is 0 Å². The van der Waals surface area contributed by atoms with E-state index in [0.717, 1.165) is 0 Å². The first-order valence-electron chi connectivity index (χ1n) is 6.83. The van der Waals surface area contributed by atoms with E-state index in [2.05, 4.69) is 9.05 Å². The predicted octanol–water partition coefficient (Wildman–Crippen LogP) is -3.25. The van der Waals surface area contributed by atoms with Crippen LogP contribution < -0.4 is 0 Å². The fourth-order valence-corrected chi connectivity index (χ4v) is 4.31. The van der Waals surface area contributed by atoms with E-state index in [4.69, 9.17) is 10.2 Å². The zero-order chi connectivity index (χ0) is 20.4. The van der Waals surface area contributed by atoms with Crippen molar-refractivity contribution < 1.29 is 68.2 Å². The Balaban J connectivity index is 3.17. The van der Waals surface area contributed by atoms with Crippen LogP contribution in [0.15, 0.2) is 0 Å². The molecule has 0 aromatic rings. The summed E-state index contributed by atoms with van der Waals surface area (Å²) < 4.78 is 32.5. The number of carboxylic acid groups (broad SMARTS) is 2. The third kappa shape index (κ3) is 6.06. The molecular formula is C10H18O14P2. The number of aliphatic hydroxyl groups excluding tert-OH is 4. The van der Waals surface area contributed by atoms with Gasteiger partial charge in [-0.3, -0.25) is 27.8 Å². The maximum absolute atomic E-state index is 11.8. The van der Waals surface area contributed by atoms with Gasteiger partial charge in [0.05, 0.1) is 0 Å². The molecule has 0 aliphatic heterocycles. The molecule has 0 aromatic heterocycles. The van der Waals surface area contributed by atoms with Crippen molar-refractivity contribution in [2.24, 2.45) is 0 Å². The molecule has 14 nitrogen and oxygen atoms in total. The van der Waals surface area contributed by atoms with Crippen LogP contribution in [0.2, 0.25) is 0 Å². The van der Waals surface area contributed by atoms with Crippen LogP contribution in [-0.4, -0.2) is 101 Å². The SMILES string of the molecule is O=C(O)CP(=O)(O)O[C@@H]1[C@H](O)[C@@H](O)[C@H](O)[C@@H](O)[C@@H]1OP(=O)(O)CC(=O)O. The lowest BCUT2D eigenvalue weighted by atomic mass is 9.85. The number of carbonyl (C=O) groups is 2. The molecule has 0 amide bonds. The monoisotopic (exact) mass is 424 g/mol. The van der Waals surface area contributed by atoms with Gasteiger partial charge in [-0.2, -0.15) is 0 Å². The molecule has 1 saturated carbocycles. The third-order valence-corrected chi connectivity index (χ3v) is 5.78. The van der Waals surface area contributed by atoms with Gasteiger partial charge in [0.25, 0.3) is 0 Å². The largest absolute Gasteiger partial charge is 0.481 e. The number of carboxylic acids is 2. The zero-order valence-corrected chi connectivity index (χ0v) is 14.6. The molecule has 0 heterocycles. The van der Waals surface area contributed by atoms with Crippen molar-refractivity contribution in [3.05, 3.63) is 0 Å². The Morgan fingerprint density at radius 2 is 0.962 bits per heavy atom. The number of aliphatic hydroxyl groups is 4. The van der Waals surface area contributed by atoms with Crippen molar-refractivity contribution in [2.75, 3.05) is 12.3 Å². The number of hydrogen-bond acceptors (Lipinski definition) is 10. The van der Waals surface area contributed by atoms with Crippen LogP contribution >= 0.6 is 15.2 Å². The van der Waals surface area contributed by atoms with Crippen molar-refractivity contribution in [3.8, 4) is 0 Å². The van der Waals surface area contributed by atoms with E-state index in [1.165, 1.54) is 0 Å². The molecule has 0 bridgehead atoms. The van der Waals surface area contributed by atoms with Gasteiger partial charge in [-0.15, -0.1) is 0 Å². The minimum absolute atomic E-state index is 1.45. The van der Waals surface area contributed by atoms with E-state index >= 15 is 0 Å². The zero-order valence-electron chi connectivity index (χ0n) is 12.8. The Kier molecular flexibility index (Phi) is 7.47. The Hall–Kier alpha value is -0.920. The van der Waals surface area contributed by atoms with Gasteiger partial charge in [0.1, 0.15) is 48.9 Å². The van der Waals surface area contributed by atoms with Crippen LogP contribution in [0.4, 0.5) is 0 Å². The molecule has 26 heavy (non-hydrogen) atoms. The second kappa shape index (κ2) is 8.40. The number of hydrogen-bond donors (Lipinski definition) is 8. The summed E-state index contributed by atoms with van der Waals surface area (Å²) >= 11 is 0. The van der Waals surface area contributed by atoms with E-state index in [0.29, 0.717) is 0 Å². The van der Waals surface area contributed by atoms with E-state index in [-0.39, 0.29) is 0 Å². The molecule has 1 rings (SSSR count). The molecular weight excluding hydrogens is 406 g/mol. The van der Waals surface area contributed by atoms with Crippen LogP contribution in [0.1, 0.15) is 0 Å². The van der Waals surface area contributed by atoms with Gasteiger partial charge in [0.2, 0.25) is 0 Å². The first-order chi connectivity index (χ1) is 11.7. The third-order valence-electron chi connectivity index (χ3n) is 3.29. The highest BCUT2D eigenvalue weighted by molar-refractivity contribution is 7.54. The molecule has 8 N–H and O–H groups in total. The number of rotatable bonds is 8. The molecule has 1 aliphatic carbocycles. The fourth-order valence-electron chi connectivity index (χ4n) is 2.22. The minimum atomic E-state index is -4.99. The Morgan fingerprint density at radius 3 is 1.19 bits per heavy atom. The molecule has 0 saturated heterocycles. The summed E-state index contributed by atoms with van der Waals surface area (Å²) in [7, 11) is -9.98. The molecule has 1 aliphatic rings. The maximum atomic E-state index is 11.8. The lowest BCUT2D eigenvalue weighted by molar-refractivity contribution is -0.212. The van der Waals surface area contributed by atoms with Crippen molar-refractivity contribution in [1.82, 2.24) is 0 Å². The first kappa shape index (κ1) is 23.1. The van der Waals surface area contributed by atoms with Crippen LogP contribution in [0.5, 0.6) is 0 Å². The molecule has 0 spiro atoms. The second-order valence-corrected chi connectivity index (χ2v) is 9.08. The van der Waals surface area contributed by atoms with Gasteiger partial charge >= 0.3 is 27.1 Å². The summed E-state index contributed by atoms with van der Waals surface area (Å²) in [5.74, 6) is -3.56. The van der Waals surface area contributed by atoms with Crippen LogP contribution in [0.25, 0.3) is 0 Å². The summed E-state index contributed by atoms with van der Waals surface area (Å²) in [4.78, 5) is 40.1. The van der Waals surface area contributed by atoms with E-state index in [9.17, 15) is 48.9 Å². The highest BCUT2D eigenvalue weighted by Crippen LogP contribution is 2.50. The van der Waals surface area contributed by atoms with Gasteiger partial charge in [-0.25, -0.2) is 0 Å². The van der Waals surface area contributed by atoms with Gasteiger partial charge in [0.15, 0.2) is 0 Å². The second-order valence-electron chi connectivity index (χ2n) is 5.48. The first-order valence-corrected chi connectivity index (χ1v) is 10.4. The smallest absolute Gasteiger partial charge is 0.339 e. The quantitative estimate of drug-likeness (QED) is 0.178. The molecule has 16 heteroatoms. The van der Waals surface area contributed by atoms with Crippen LogP contribution in [0, 0.1) is 0 Å². The topological polar surface area (TPSA) is 249 Å². The van der Waals surface area contributed by atoms with Gasteiger partial charge in [-0.1, -0.05) is 0 Å². The van der Waals surface area contributed by atoms with E-state index < -0.39 is 76.1 Å².